The number of piperazine rings is 1. The average molecular weight is 370 g/mol. The summed E-state index contributed by atoms with van der Waals surface area (Å²) in [5.74, 6) is 0.712. The predicted molar refractivity (Wildman–Crippen MR) is 101 cm³/mol. The Balaban J connectivity index is 1.81. The summed E-state index contributed by atoms with van der Waals surface area (Å²) in [7, 11) is 0.263. The van der Waals surface area contributed by atoms with Crippen LogP contribution in [-0.4, -0.2) is 71.6 Å². The summed E-state index contributed by atoms with van der Waals surface area (Å²) in [6.45, 7) is 9.60. The van der Waals surface area contributed by atoms with E-state index < -0.39 is 10.0 Å². The van der Waals surface area contributed by atoms with Gasteiger partial charge < -0.3 is 14.5 Å². The van der Waals surface area contributed by atoms with E-state index in [0.717, 1.165) is 51.1 Å². The second-order valence-corrected chi connectivity index (χ2v) is 8.57. The van der Waals surface area contributed by atoms with Crippen molar-refractivity contribution in [1.82, 2.24) is 14.5 Å². The van der Waals surface area contributed by atoms with Gasteiger partial charge in [-0.25, -0.2) is 13.1 Å². The maximum absolute atomic E-state index is 12.5. The van der Waals surface area contributed by atoms with Crippen molar-refractivity contribution in [3.63, 3.8) is 0 Å². The number of nitrogens with zero attached hydrogens (tertiary/aromatic N) is 2. The van der Waals surface area contributed by atoms with Gasteiger partial charge in [-0.1, -0.05) is 0 Å². The zero-order valence-corrected chi connectivity index (χ0v) is 16.7. The number of hydrogen-bond donors (Lipinski definition) is 1. The highest BCUT2D eigenvalue weighted by Crippen LogP contribution is 2.25. The summed E-state index contributed by atoms with van der Waals surface area (Å²) in [5, 5.41) is 0. The van der Waals surface area contributed by atoms with Crippen molar-refractivity contribution >= 4 is 10.0 Å². The van der Waals surface area contributed by atoms with Crippen LogP contribution in [0.2, 0.25) is 0 Å². The van der Waals surface area contributed by atoms with Crippen LogP contribution < -0.4 is 9.46 Å². The molecule has 1 aromatic carbocycles. The van der Waals surface area contributed by atoms with Gasteiger partial charge in [-0.2, -0.15) is 0 Å². The van der Waals surface area contributed by atoms with Crippen molar-refractivity contribution < 1.29 is 13.2 Å². The molecular formula is C18H31N3O3S. The molecule has 0 atom stereocenters. The molecular weight excluding hydrogens is 338 g/mol. The average Bonchev–Trinajstić information content (AvgIpc) is 2.57. The lowest BCUT2D eigenvalue weighted by Crippen LogP contribution is -2.44. The number of ether oxygens (including phenoxy) is 1. The molecule has 0 bridgehead atoms. The molecule has 0 aliphatic carbocycles. The predicted octanol–water partition coefficient (Wildman–Crippen LogP) is 1.62. The van der Waals surface area contributed by atoms with Crippen molar-refractivity contribution in [3.8, 4) is 5.75 Å². The van der Waals surface area contributed by atoms with Crippen molar-refractivity contribution in [2.75, 3.05) is 53.4 Å². The molecule has 0 saturated carbocycles. The van der Waals surface area contributed by atoms with Crippen LogP contribution in [0.15, 0.2) is 17.0 Å². The first-order chi connectivity index (χ1) is 11.8. The van der Waals surface area contributed by atoms with Gasteiger partial charge in [-0.05, 0) is 63.5 Å². The number of sulfonamides is 1. The molecule has 0 spiro atoms. The molecule has 6 nitrogen and oxygen atoms in total. The number of rotatable bonds is 8. The summed E-state index contributed by atoms with van der Waals surface area (Å²) >= 11 is 0. The van der Waals surface area contributed by atoms with Gasteiger partial charge >= 0.3 is 0 Å². The monoisotopic (exact) mass is 369 g/mol. The number of benzene rings is 1. The fourth-order valence-electron chi connectivity index (χ4n) is 3.09. The molecule has 2 rings (SSSR count). The van der Waals surface area contributed by atoms with E-state index in [1.165, 1.54) is 0 Å². The first kappa shape index (κ1) is 20.2. The van der Waals surface area contributed by atoms with Crippen molar-refractivity contribution in [2.45, 2.75) is 31.6 Å². The Bertz CT molecular complexity index is 668. The number of likely N-dealkylation sites (N-methyl/N-ethyl adjacent to an activating group) is 1. The van der Waals surface area contributed by atoms with E-state index in [-0.39, 0.29) is 0 Å². The fourth-order valence-corrected chi connectivity index (χ4v) is 4.47. The van der Waals surface area contributed by atoms with Crippen LogP contribution >= 0.6 is 0 Å². The molecule has 142 valence electrons. The Morgan fingerprint density at radius 3 is 2.40 bits per heavy atom. The highest BCUT2D eigenvalue weighted by molar-refractivity contribution is 7.89. The van der Waals surface area contributed by atoms with E-state index in [1.807, 2.05) is 6.92 Å². The molecule has 0 amide bonds. The third-order valence-electron chi connectivity index (χ3n) is 4.77. The molecule has 1 fully saturated rings. The van der Waals surface area contributed by atoms with E-state index in [9.17, 15) is 8.42 Å². The minimum atomic E-state index is -3.48. The molecule has 1 heterocycles. The second-order valence-electron chi connectivity index (χ2n) is 6.84. The first-order valence-corrected chi connectivity index (χ1v) is 10.4. The lowest BCUT2D eigenvalue weighted by atomic mass is 10.1. The lowest BCUT2D eigenvalue weighted by molar-refractivity contribution is 0.152. The Morgan fingerprint density at radius 2 is 1.76 bits per heavy atom. The molecule has 0 radical (unpaired) electrons. The third-order valence-corrected chi connectivity index (χ3v) is 6.37. The zero-order chi connectivity index (χ0) is 18.4. The molecule has 0 aromatic heterocycles. The molecule has 7 heteroatoms. The minimum Gasteiger partial charge on any atom is -0.496 e. The van der Waals surface area contributed by atoms with Gasteiger partial charge in [0.2, 0.25) is 10.0 Å². The smallest absolute Gasteiger partial charge is 0.240 e. The lowest BCUT2D eigenvalue weighted by Gasteiger charge is -2.32. The summed E-state index contributed by atoms with van der Waals surface area (Å²) in [5.41, 5.74) is 1.52. The van der Waals surface area contributed by atoms with Crippen LogP contribution in [0.25, 0.3) is 0 Å². The number of methoxy groups -OCH3 is 1. The standard InChI is InChI=1S/C18H31N3O3S/c1-15-14-18(16(2)13-17(15)24-4)25(22,23)19-7-5-6-8-21-11-9-20(3)10-12-21/h13-14,19H,5-12H2,1-4H3. The Kier molecular flexibility index (Phi) is 7.25. The summed E-state index contributed by atoms with van der Waals surface area (Å²) in [4.78, 5) is 5.12. The van der Waals surface area contributed by atoms with Crippen LogP contribution in [0.4, 0.5) is 0 Å². The van der Waals surface area contributed by atoms with Crippen molar-refractivity contribution in [1.29, 1.82) is 0 Å². The summed E-state index contributed by atoms with van der Waals surface area (Å²) in [6.07, 6.45) is 1.85. The van der Waals surface area contributed by atoms with Crippen LogP contribution in [0, 0.1) is 13.8 Å². The molecule has 1 aliphatic rings. The zero-order valence-electron chi connectivity index (χ0n) is 15.8. The van der Waals surface area contributed by atoms with E-state index in [0.29, 0.717) is 22.8 Å². The van der Waals surface area contributed by atoms with Gasteiger partial charge in [0.1, 0.15) is 5.75 Å². The van der Waals surface area contributed by atoms with Crippen molar-refractivity contribution in [2.24, 2.45) is 0 Å². The number of hydrogen-bond acceptors (Lipinski definition) is 5. The molecule has 1 aromatic rings. The minimum absolute atomic E-state index is 0.338. The van der Waals surface area contributed by atoms with Gasteiger partial charge in [-0.3, -0.25) is 0 Å². The van der Waals surface area contributed by atoms with Crippen LogP contribution in [0.1, 0.15) is 24.0 Å². The van der Waals surface area contributed by atoms with Crippen LogP contribution in [0.5, 0.6) is 5.75 Å². The SMILES string of the molecule is COc1cc(C)c(S(=O)(=O)NCCCCN2CCN(C)CC2)cc1C. The van der Waals surface area contributed by atoms with Crippen LogP contribution in [0.3, 0.4) is 0 Å². The van der Waals surface area contributed by atoms with Crippen molar-refractivity contribution in [3.05, 3.63) is 23.3 Å². The molecule has 1 saturated heterocycles. The first-order valence-electron chi connectivity index (χ1n) is 8.89. The number of unbranched alkanes of at least 4 members (excludes halogenated alkanes) is 1. The summed E-state index contributed by atoms with van der Waals surface area (Å²) in [6, 6.07) is 3.46. The summed E-state index contributed by atoms with van der Waals surface area (Å²) < 4.78 is 33.1. The van der Waals surface area contributed by atoms with E-state index in [2.05, 4.69) is 21.6 Å². The molecule has 0 unspecified atom stereocenters. The van der Waals surface area contributed by atoms with Crippen LogP contribution in [-0.2, 0) is 10.0 Å². The van der Waals surface area contributed by atoms with Gasteiger partial charge in [0.15, 0.2) is 0 Å². The second kappa shape index (κ2) is 8.98. The van der Waals surface area contributed by atoms with Gasteiger partial charge in [0, 0.05) is 32.7 Å². The van der Waals surface area contributed by atoms with E-state index in [1.54, 1.807) is 26.2 Å². The van der Waals surface area contributed by atoms with Gasteiger partial charge in [0.25, 0.3) is 0 Å². The van der Waals surface area contributed by atoms with Gasteiger partial charge in [-0.15, -0.1) is 0 Å². The molecule has 1 N–H and O–H groups in total. The van der Waals surface area contributed by atoms with Gasteiger partial charge in [0.05, 0.1) is 12.0 Å². The maximum Gasteiger partial charge on any atom is 0.240 e. The normalized spacial score (nSPS) is 17.0. The highest BCUT2D eigenvalue weighted by Gasteiger charge is 2.18. The van der Waals surface area contributed by atoms with E-state index >= 15 is 0 Å². The molecule has 1 aliphatic heterocycles. The Hall–Kier alpha value is -1.15. The number of nitrogens with one attached hydrogen (secondary N) is 1. The molecule has 25 heavy (non-hydrogen) atoms. The number of aryl methyl sites for hydroxylation is 2. The maximum atomic E-state index is 12.5. The van der Waals surface area contributed by atoms with E-state index in [4.69, 9.17) is 4.74 Å². The Morgan fingerprint density at radius 1 is 1.08 bits per heavy atom. The topological polar surface area (TPSA) is 61.9 Å². The Labute approximate surface area is 152 Å². The highest BCUT2D eigenvalue weighted by atomic mass is 32.2. The quantitative estimate of drug-likeness (QED) is 0.706. The third kappa shape index (κ3) is 5.67. The largest absolute Gasteiger partial charge is 0.496 e. The fraction of sp³-hybridized carbons (Fsp3) is 0.667.